The van der Waals surface area contributed by atoms with Gasteiger partial charge in [0.1, 0.15) is 5.70 Å². The van der Waals surface area contributed by atoms with Crippen LogP contribution in [-0.2, 0) is 0 Å². The zero-order valence-electron chi connectivity index (χ0n) is 7.94. The van der Waals surface area contributed by atoms with Crippen LogP contribution < -0.4 is 11.1 Å². The molecule has 0 spiro atoms. The first-order valence-corrected chi connectivity index (χ1v) is 4.02. The number of hydrogen-bond donors (Lipinski definition) is 2. The number of nitrogens with two attached hydrogens (primary N) is 1. The summed E-state index contributed by atoms with van der Waals surface area (Å²) in [5.74, 6) is 0. The molecule has 1 rings (SSSR count). The number of halogens is 3. The van der Waals surface area contributed by atoms with Crippen LogP contribution >= 0.6 is 0 Å². The van der Waals surface area contributed by atoms with Crippen molar-refractivity contribution < 1.29 is 13.2 Å². The second-order valence-electron chi connectivity index (χ2n) is 3.07. The number of nitrogens with one attached hydrogen (secondary N) is 1. The highest BCUT2D eigenvalue weighted by Crippen LogP contribution is 2.30. The van der Waals surface area contributed by atoms with Gasteiger partial charge in [0, 0.05) is 14.1 Å². The third kappa shape index (κ3) is 1.94. The molecule has 0 aromatic carbocycles. The van der Waals surface area contributed by atoms with Crippen molar-refractivity contribution in [1.29, 1.82) is 0 Å². The Kier molecular flexibility index (Phi) is 2.64. The van der Waals surface area contributed by atoms with Gasteiger partial charge in [0.25, 0.3) is 0 Å². The lowest BCUT2D eigenvalue weighted by molar-refractivity contribution is -0.109. The Morgan fingerprint density at radius 2 is 2.07 bits per heavy atom. The molecule has 0 amide bonds. The number of hydrogen-bond acceptors (Lipinski definition) is 3. The molecule has 3 nitrogen and oxygen atoms in total. The summed E-state index contributed by atoms with van der Waals surface area (Å²) < 4.78 is 37.2. The van der Waals surface area contributed by atoms with E-state index in [-0.39, 0.29) is 12.2 Å². The summed E-state index contributed by atoms with van der Waals surface area (Å²) in [6, 6.07) is 0. The van der Waals surface area contributed by atoms with Gasteiger partial charge in [-0.05, 0) is 6.08 Å². The van der Waals surface area contributed by atoms with E-state index in [9.17, 15) is 13.2 Å². The molecule has 0 aliphatic carbocycles. The molecular formula is C8H12F3N3. The second-order valence-corrected chi connectivity index (χ2v) is 3.07. The van der Waals surface area contributed by atoms with Gasteiger partial charge in [-0.25, -0.2) is 0 Å². The zero-order chi connectivity index (χ0) is 10.9. The van der Waals surface area contributed by atoms with Crippen molar-refractivity contribution in [1.82, 2.24) is 10.2 Å². The molecule has 0 saturated heterocycles. The van der Waals surface area contributed by atoms with Gasteiger partial charge in [-0.2, -0.15) is 13.2 Å². The number of nitrogens with zero attached hydrogens (tertiary/aromatic N) is 1. The molecule has 1 heterocycles. The molecule has 80 valence electrons. The first-order valence-electron chi connectivity index (χ1n) is 4.02. The van der Waals surface area contributed by atoms with E-state index in [1.807, 2.05) is 0 Å². The predicted molar refractivity (Wildman–Crippen MR) is 47.0 cm³/mol. The van der Waals surface area contributed by atoms with Crippen molar-refractivity contribution in [3.63, 3.8) is 0 Å². The summed E-state index contributed by atoms with van der Waals surface area (Å²) in [5, 5.41) is 2.76. The molecule has 0 aromatic heterocycles. The van der Waals surface area contributed by atoms with Crippen LogP contribution in [0.15, 0.2) is 23.2 Å². The normalized spacial score (nSPS) is 18.4. The largest absolute Gasteiger partial charge is 0.431 e. The SMILES string of the molecule is CNC1=C(N)C=C(C(F)(F)F)N(C)C1. The first kappa shape index (κ1) is 10.7. The molecule has 0 fully saturated rings. The highest BCUT2D eigenvalue weighted by atomic mass is 19.4. The van der Waals surface area contributed by atoms with E-state index in [0.29, 0.717) is 5.70 Å². The monoisotopic (exact) mass is 207 g/mol. The molecule has 14 heavy (non-hydrogen) atoms. The van der Waals surface area contributed by atoms with Crippen LogP contribution in [-0.4, -0.2) is 31.7 Å². The maximum atomic E-state index is 12.4. The smallest absolute Gasteiger partial charge is 0.397 e. The highest BCUT2D eigenvalue weighted by molar-refractivity contribution is 5.32. The van der Waals surface area contributed by atoms with Crippen molar-refractivity contribution >= 4 is 0 Å². The molecule has 0 saturated carbocycles. The summed E-state index contributed by atoms with van der Waals surface area (Å²) in [6.07, 6.45) is -3.41. The van der Waals surface area contributed by atoms with Gasteiger partial charge < -0.3 is 16.0 Å². The van der Waals surface area contributed by atoms with Crippen LogP contribution in [0, 0.1) is 0 Å². The molecule has 6 heteroatoms. The fourth-order valence-electron chi connectivity index (χ4n) is 1.28. The summed E-state index contributed by atoms with van der Waals surface area (Å²) >= 11 is 0. The van der Waals surface area contributed by atoms with E-state index in [4.69, 9.17) is 5.73 Å². The van der Waals surface area contributed by atoms with Gasteiger partial charge in [0.15, 0.2) is 0 Å². The molecular weight excluding hydrogens is 195 g/mol. The fraction of sp³-hybridized carbons (Fsp3) is 0.500. The van der Waals surface area contributed by atoms with Gasteiger partial charge >= 0.3 is 6.18 Å². The minimum atomic E-state index is -4.35. The van der Waals surface area contributed by atoms with Crippen LogP contribution in [0.2, 0.25) is 0 Å². The van der Waals surface area contributed by atoms with Crippen LogP contribution in [0.4, 0.5) is 13.2 Å². The van der Waals surface area contributed by atoms with E-state index in [1.165, 1.54) is 7.05 Å². The van der Waals surface area contributed by atoms with Crippen LogP contribution in [0.25, 0.3) is 0 Å². The minimum absolute atomic E-state index is 0.137. The maximum Gasteiger partial charge on any atom is 0.431 e. The van der Waals surface area contributed by atoms with Gasteiger partial charge in [-0.1, -0.05) is 0 Å². The quantitative estimate of drug-likeness (QED) is 0.667. The van der Waals surface area contributed by atoms with Crippen molar-refractivity contribution in [3.8, 4) is 0 Å². The maximum absolute atomic E-state index is 12.4. The molecule has 3 N–H and O–H groups in total. The lowest BCUT2D eigenvalue weighted by atomic mass is 10.2. The first-order chi connectivity index (χ1) is 6.36. The lowest BCUT2D eigenvalue weighted by Crippen LogP contribution is -2.37. The molecule has 0 atom stereocenters. The summed E-state index contributed by atoms with van der Waals surface area (Å²) in [4.78, 5) is 1.11. The minimum Gasteiger partial charge on any atom is -0.397 e. The fourth-order valence-corrected chi connectivity index (χ4v) is 1.28. The van der Waals surface area contributed by atoms with E-state index in [0.717, 1.165) is 11.0 Å². The van der Waals surface area contributed by atoms with Crippen LogP contribution in [0.5, 0.6) is 0 Å². The number of likely N-dealkylation sites (N-methyl/N-ethyl adjacent to an activating group) is 2. The molecule has 0 radical (unpaired) electrons. The standard InChI is InChI=1S/C8H12F3N3/c1-13-6-4-14(2)7(3-5(6)12)8(9,10)11/h3,13H,4,12H2,1-2H3. The summed E-state index contributed by atoms with van der Waals surface area (Å²) in [5.41, 5.74) is 5.47. The Morgan fingerprint density at radius 1 is 1.50 bits per heavy atom. The van der Waals surface area contributed by atoms with Gasteiger partial charge in [-0.15, -0.1) is 0 Å². The Bertz CT molecular complexity index is 291. The molecule has 1 aliphatic rings. The Balaban J connectivity index is 3.04. The van der Waals surface area contributed by atoms with E-state index >= 15 is 0 Å². The number of allylic oxidation sites excluding steroid dienone is 2. The van der Waals surface area contributed by atoms with Gasteiger partial charge in [-0.3, -0.25) is 0 Å². The third-order valence-electron chi connectivity index (χ3n) is 2.04. The molecule has 0 unspecified atom stereocenters. The van der Waals surface area contributed by atoms with Crippen molar-refractivity contribution in [3.05, 3.63) is 23.2 Å². The average Bonchev–Trinajstić information content (AvgIpc) is 2.06. The van der Waals surface area contributed by atoms with E-state index in [1.54, 1.807) is 7.05 Å². The molecule has 1 aliphatic heterocycles. The summed E-state index contributed by atoms with van der Waals surface area (Å²) in [6.45, 7) is 0.147. The predicted octanol–water partition coefficient (Wildman–Crippen LogP) is 0.768. The Labute approximate surface area is 80.1 Å². The lowest BCUT2D eigenvalue weighted by Gasteiger charge is -2.29. The molecule has 0 bridgehead atoms. The zero-order valence-corrected chi connectivity index (χ0v) is 7.94. The average molecular weight is 207 g/mol. The third-order valence-corrected chi connectivity index (χ3v) is 2.04. The van der Waals surface area contributed by atoms with Crippen LogP contribution in [0.3, 0.4) is 0 Å². The summed E-state index contributed by atoms with van der Waals surface area (Å²) in [7, 11) is 3.01. The van der Waals surface area contributed by atoms with Gasteiger partial charge in [0.2, 0.25) is 0 Å². The topological polar surface area (TPSA) is 41.3 Å². The van der Waals surface area contributed by atoms with Crippen molar-refractivity contribution in [2.75, 3.05) is 20.6 Å². The Morgan fingerprint density at radius 3 is 2.50 bits per heavy atom. The number of alkyl halides is 3. The van der Waals surface area contributed by atoms with E-state index in [2.05, 4.69) is 5.32 Å². The van der Waals surface area contributed by atoms with Crippen LogP contribution in [0.1, 0.15) is 0 Å². The van der Waals surface area contributed by atoms with Crippen molar-refractivity contribution in [2.24, 2.45) is 5.73 Å². The van der Waals surface area contributed by atoms with Crippen molar-refractivity contribution in [2.45, 2.75) is 6.18 Å². The molecule has 0 aromatic rings. The van der Waals surface area contributed by atoms with E-state index < -0.39 is 11.9 Å². The Hall–Kier alpha value is -1.33. The van der Waals surface area contributed by atoms with Gasteiger partial charge in [0.05, 0.1) is 17.9 Å². The second kappa shape index (κ2) is 3.43. The number of rotatable bonds is 1. The highest BCUT2D eigenvalue weighted by Gasteiger charge is 2.38.